The molecule has 1 saturated carbocycles. The van der Waals surface area contributed by atoms with Gasteiger partial charge >= 0.3 is 0 Å². The molecule has 0 radical (unpaired) electrons. The molecule has 0 bridgehead atoms. The largest absolute Gasteiger partial charge is 0.491 e. The van der Waals surface area contributed by atoms with Gasteiger partial charge in [0.25, 0.3) is 0 Å². The lowest BCUT2D eigenvalue weighted by Crippen LogP contribution is -2.37. The van der Waals surface area contributed by atoms with Crippen LogP contribution in [0.15, 0.2) is 54.6 Å². The summed E-state index contributed by atoms with van der Waals surface area (Å²) in [7, 11) is 0. The lowest BCUT2D eigenvalue weighted by Gasteiger charge is -2.26. The maximum Gasteiger partial charge on any atom is 0.119 e. The van der Waals surface area contributed by atoms with E-state index in [1.54, 1.807) is 0 Å². The number of nitrogens with one attached hydrogen (secondary N) is 1. The van der Waals surface area contributed by atoms with Crippen LogP contribution in [0.3, 0.4) is 0 Å². The fourth-order valence-electron chi connectivity index (χ4n) is 4.11. The van der Waals surface area contributed by atoms with Gasteiger partial charge in [-0.1, -0.05) is 61.7 Å². The fourth-order valence-corrected chi connectivity index (χ4v) is 4.11. The molecule has 1 aliphatic carbocycles. The highest BCUT2D eigenvalue weighted by atomic mass is 16.5. The van der Waals surface area contributed by atoms with Gasteiger partial charge in [0.2, 0.25) is 0 Å². The second-order valence-corrected chi connectivity index (χ2v) is 8.38. The van der Waals surface area contributed by atoms with Crippen molar-refractivity contribution in [3.63, 3.8) is 0 Å². The number of hydrogen-bond acceptors (Lipinski definition) is 4. The van der Waals surface area contributed by atoms with E-state index in [0.717, 1.165) is 30.6 Å². The molecule has 0 spiro atoms. The molecule has 0 aliphatic heterocycles. The fraction of sp³-hybridized carbons (Fsp3) is 0.520. The van der Waals surface area contributed by atoms with Crippen molar-refractivity contribution in [2.45, 2.75) is 63.7 Å². The minimum Gasteiger partial charge on any atom is -0.491 e. The maximum absolute atomic E-state index is 10.6. The Kier molecular flexibility index (Phi) is 8.53. The highest BCUT2D eigenvalue weighted by Crippen LogP contribution is 2.34. The molecule has 0 aromatic heterocycles. The smallest absolute Gasteiger partial charge is 0.119 e. The van der Waals surface area contributed by atoms with Crippen molar-refractivity contribution < 1.29 is 14.9 Å². The van der Waals surface area contributed by atoms with Crippen molar-refractivity contribution in [1.29, 1.82) is 0 Å². The van der Waals surface area contributed by atoms with E-state index in [9.17, 15) is 10.2 Å². The van der Waals surface area contributed by atoms with Crippen LogP contribution in [0.2, 0.25) is 0 Å². The zero-order valence-electron chi connectivity index (χ0n) is 17.5. The second kappa shape index (κ2) is 11.3. The Hall–Kier alpha value is -1.88. The molecule has 4 heteroatoms. The number of rotatable bonds is 10. The molecule has 0 heterocycles. The summed E-state index contributed by atoms with van der Waals surface area (Å²) in [6, 6.07) is 18.3. The van der Waals surface area contributed by atoms with Crippen molar-refractivity contribution in [1.82, 2.24) is 5.32 Å². The highest BCUT2D eigenvalue weighted by Gasteiger charge is 2.23. The third-order valence-electron chi connectivity index (χ3n) is 5.85. The minimum atomic E-state index is -0.569. The number of benzene rings is 2. The van der Waals surface area contributed by atoms with E-state index in [1.165, 1.54) is 24.8 Å². The van der Waals surface area contributed by atoms with E-state index in [2.05, 4.69) is 24.4 Å². The van der Waals surface area contributed by atoms with Gasteiger partial charge in [0.15, 0.2) is 0 Å². The number of aliphatic hydroxyl groups is 2. The van der Waals surface area contributed by atoms with E-state index < -0.39 is 6.10 Å². The van der Waals surface area contributed by atoms with Crippen LogP contribution in [0.1, 0.15) is 56.3 Å². The van der Waals surface area contributed by atoms with Gasteiger partial charge in [-0.05, 0) is 55.4 Å². The zero-order valence-corrected chi connectivity index (χ0v) is 17.5. The quantitative estimate of drug-likeness (QED) is 0.561. The number of aliphatic hydroxyl groups excluding tert-OH is 2. The Balaban J connectivity index is 1.37. The molecular weight excluding hydrogens is 362 g/mol. The van der Waals surface area contributed by atoms with E-state index in [4.69, 9.17) is 4.74 Å². The third-order valence-corrected chi connectivity index (χ3v) is 5.85. The zero-order chi connectivity index (χ0) is 20.5. The Bertz CT molecular complexity index is 698. The van der Waals surface area contributed by atoms with Crippen molar-refractivity contribution in [3.05, 3.63) is 65.7 Å². The van der Waals surface area contributed by atoms with E-state index in [1.807, 2.05) is 42.5 Å². The first-order valence-electron chi connectivity index (χ1n) is 11.0. The Morgan fingerprint density at radius 1 is 0.966 bits per heavy atom. The van der Waals surface area contributed by atoms with Gasteiger partial charge in [-0.25, -0.2) is 0 Å². The lowest BCUT2D eigenvalue weighted by molar-refractivity contribution is 0.0845. The van der Waals surface area contributed by atoms with Gasteiger partial charge in [0.1, 0.15) is 18.5 Å². The predicted octanol–water partition coefficient (Wildman–Crippen LogP) is 4.26. The van der Waals surface area contributed by atoms with Crippen molar-refractivity contribution in [3.8, 4) is 5.75 Å². The first kappa shape index (κ1) is 21.8. The summed E-state index contributed by atoms with van der Waals surface area (Å²) in [6.07, 6.45) is 5.93. The van der Waals surface area contributed by atoms with Crippen LogP contribution < -0.4 is 10.1 Å². The first-order valence-corrected chi connectivity index (χ1v) is 11.0. The topological polar surface area (TPSA) is 61.7 Å². The average Bonchev–Trinajstić information content (AvgIpc) is 2.77. The molecule has 2 aromatic rings. The maximum atomic E-state index is 10.6. The summed E-state index contributed by atoms with van der Waals surface area (Å²) in [5, 5.41) is 24.2. The van der Waals surface area contributed by atoms with Gasteiger partial charge < -0.3 is 20.3 Å². The Morgan fingerprint density at radius 3 is 2.34 bits per heavy atom. The molecule has 29 heavy (non-hydrogen) atoms. The molecule has 3 rings (SSSR count). The summed E-state index contributed by atoms with van der Waals surface area (Å²) in [6.45, 7) is 2.86. The molecule has 2 aromatic carbocycles. The molecule has 3 atom stereocenters. The van der Waals surface area contributed by atoms with Crippen LogP contribution in [0.4, 0.5) is 0 Å². The second-order valence-electron chi connectivity index (χ2n) is 8.38. The molecule has 0 saturated heterocycles. The van der Waals surface area contributed by atoms with E-state index in [-0.39, 0.29) is 18.8 Å². The molecule has 1 aliphatic rings. The summed E-state index contributed by atoms with van der Waals surface area (Å²) in [4.78, 5) is 0. The van der Waals surface area contributed by atoms with Gasteiger partial charge in [0, 0.05) is 12.6 Å². The van der Waals surface area contributed by atoms with E-state index >= 15 is 0 Å². The third kappa shape index (κ3) is 7.14. The van der Waals surface area contributed by atoms with E-state index in [0.29, 0.717) is 12.5 Å². The number of ether oxygens (including phenoxy) is 1. The van der Waals surface area contributed by atoms with Gasteiger partial charge in [-0.3, -0.25) is 0 Å². The predicted molar refractivity (Wildman–Crippen MR) is 117 cm³/mol. The summed E-state index contributed by atoms with van der Waals surface area (Å²) in [5.41, 5.74) is 2.25. The van der Waals surface area contributed by atoms with Crippen LogP contribution in [-0.2, 0) is 6.42 Å². The van der Waals surface area contributed by atoms with Gasteiger partial charge in [-0.15, -0.1) is 0 Å². The van der Waals surface area contributed by atoms with Gasteiger partial charge in [0.05, 0.1) is 6.10 Å². The molecule has 3 unspecified atom stereocenters. The molecule has 3 N–H and O–H groups in total. The van der Waals surface area contributed by atoms with Crippen LogP contribution in [0, 0.1) is 5.92 Å². The summed E-state index contributed by atoms with van der Waals surface area (Å²) < 4.78 is 5.73. The standard InChI is InChI=1S/C25H35NO3/c1-19(16-20-8-4-2-5-9-20)26-17-23(27)18-29-24-14-12-22(13-15-24)25(28)21-10-6-3-7-11-21/h2,4-5,8-9,12-15,19,21,23,25-28H,3,6-7,10-11,16-18H2,1H3. The van der Waals surface area contributed by atoms with Crippen molar-refractivity contribution in [2.75, 3.05) is 13.2 Å². The van der Waals surface area contributed by atoms with Crippen LogP contribution >= 0.6 is 0 Å². The molecule has 4 nitrogen and oxygen atoms in total. The monoisotopic (exact) mass is 397 g/mol. The Morgan fingerprint density at radius 2 is 1.66 bits per heavy atom. The van der Waals surface area contributed by atoms with Crippen LogP contribution in [0.5, 0.6) is 5.75 Å². The minimum absolute atomic E-state index is 0.246. The van der Waals surface area contributed by atoms with Crippen LogP contribution in [0.25, 0.3) is 0 Å². The summed E-state index contributed by atoms with van der Waals surface area (Å²) in [5.74, 6) is 1.10. The highest BCUT2D eigenvalue weighted by molar-refractivity contribution is 5.29. The molecule has 1 fully saturated rings. The lowest BCUT2D eigenvalue weighted by atomic mass is 9.83. The first-order chi connectivity index (χ1) is 14.1. The number of hydrogen-bond donors (Lipinski definition) is 3. The molecular formula is C25H35NO3. The van der Waals surface area contributed by atoms with Crippen LogP contribution in [-0.4, -0.2) is 35.5 Å². The van der Waals surface area contributed by atoms with Gasteiger partial charge in [-0.2, -0.15) is 0 Å². The summed E-state index contributed by atoms with van der Waals surface area (Å²) >= 11 is 0. The van der Waals surface area contributed by atoms with Crippen molar-refractivity contribution >= 4 is 0 Å². The normalized spacial score (nSPS) is 18.2. The molecule has 158 valence electrons. The average molecular weight is 398 g/mol. The van der Waals surface area contributed by atoms with Crippen molar-refractivity contribution in [2.24, 2.45) is 5.92 Å². The SMILES string of the molecule is CC(Cc1ccccc1)NCC(O)COc1ccc(C(O)C2CCCCC2)cc1. The molecule has 0 amide bonds. The Labute approximate surface area is 174 Å².